The normalized spacial score (nSPS) is 12.9. The summed E-state index contributed by atoms with van der Waals surface area (Å²) in [5.74, 6) is 0. The molecule has 0 amide bonds. The lowest BCUT2D eigenvalue weighted by Crippen LogP contribution is -1.77. The molecular weight excluding hydrogens is 140 g/mol. The van der Waals surface area contributed by atoms with Crippen LogP contribution in [-0.4, -0.2) is 0 Å². The van der Waals surface area contributed by atoms with Crippen LogP contribution in [0.15, 0.2) is 23.1 Å². The second-order valence-corrected chi connectivity index (χ2v) is 2.58. The van der Waals surface area contributed by atoms with Crippen LogP contribution in [0.25, 0.3) is 0 Å². The Morgan fingerprint density at radius 3 is 2.60 bits per heavy atom. The summed E-state index contributed by atoms with van der Waals surface area (Å²) in [7, 11) is 0. The molecule has 0 bridgehead atoms. The van der Waals surface area contributed by atoms with Crippen LogP contribution in [0.3, 0.4) is 0 Å². The molecule has 0 aliphatic carbocycles. The van der Waals surface area contributed by atoms with Gasteiger partial charge in [-0.05, 0) is 25.2 Å². The van der Waals surface area contributed by atoms with Gasteiger partial charge in [0.2, 0.25) is 0 Å². The zero-order valence-electron chi connectivity index (χ0n) is 6.80. The molecule has 0 fully saturated rings. The lowest BCUT2D eigenvalue weighted by Gasteiger charge is -1.97. The molecule has 1 heteroatoms. The fourth-order valence-corrected chi connectivity index (χ4v) is 0.992. The minimum Gasteiger partial charge on any atom is -0.151 e. The topological polar surface area (TPSA) is 0 Å². The molecule has 0 aromatic carbocycles. The van der Waals surface area contributed by atoms with E-state index in [1.165, 1.54) is 24.8 Å². The molecule has 0 rings (SSSR count). The molecule has 0 saturated heterocycles. The van der Waals surface area contributed by atoms with Crippen molar-refractivity contribution in [2.45, 2.75) is 33.1 Å². The van der Waals surface area contributed by atoms with Gasteiger partial charge in [0.1, 0.15) is 0 Å². The highest BCUT2D eigenvalue weighted by Gasteiger charge is 1.87. The molecule has 0 heterocycles. The zero-order valence-corrected chi connectivity index (χ0v) is 7.70. The molecule has 0 saturated carbocycles. The molecule has 58 valence electrons. The maximum atomic E-state index is 4.01. The Hall–Kier alpha value is -0.170. The van der Waals surface area contributed by atoms with Gasteiger partial charge in [0.15, 0.2) is 0 Å². The second kappa shape index (κ2) is 6.94. The summed E-state index contributed by atoms with van der Waals surface area (Å²) in [6.07, 6.45) is 7.92. The van der Waals surface area contributed by atoms with Gasteiger partial charge in [0.25, 0.3) is 0 Å². The lowest BCUT2D eigenvalue weighted by atomic mass is 10.1. The Morgan fingerprint density at radius 2 is 2.20 bits per heavy atom. The summed E-state index contributed by atoms with van der Waals surface area (Å²) >= 11 is 4.01. The van der Waals surface area contributed by atoms with Crippen LogP contribution in [0, 0.1) is 0 Å². The van der Waals surface area contributed by atoms with Crippen LogP contribution in [0.5, 0.6) is 0 Å². The first kappa shape index (κ1) is 9.83. The summed E-state index contributed by atoms with van der Waals surface area (Å²) in [5, 5.41) is 1.80. The van der Waals surface area contributed by atoms with Crippen LogP contribution in [0.2, 0.25) is 0 Å². The minimum atomic E-state index is 1.18. The molecule has 10 heavy (non-hydrogen) atoms. The van der Waals surface area contributed by atoms with Gasteiger partial charge in [-0.2, -0.15) is 12.6 Å². The van der Waals surface area contributed by atoms with Crippen molar-refractivity contribution in [1.82, 2.24) is 0 Å². The lowest BCUT2D eigenvalue weighted by molar-refractivity contribution is 0.797. The molecular formula is C9H16S. The minimum absolute atomic E-state index is 1.18. The first-order chi connectivity index (χ1) is 4.85. The predicted molar refractivity (Wildman–Crippen MR) is 51.4 cm³/mol. The van der Waals surface area contributed by atoms with Gasteiger partial charge in [-0.3, -0.25) is 0 Å². The van der Waals surface area contributed by atoms with E-state index in [2.05, 4.69) is 38.6 Å². The van der Waals surface area contributed by atoms with Crippen molar-refractivity contribution in [3.8, 4) is 0 Å². The maximum absolute atomic E-state index is 4.01. The van der Waals surface area contributed by atoms with Gasteiger partial charge in [-0.15, -0.1) is 0 Å². The van der Waals surface area contributed by atoms with E-state index >= 15 is 0 Å². The second-order valence-electron chi connectivity index (χ2n) is 2.28. The van der Waals surface area contributed by atoms with Gasteiger partial charge in [0, 0.05) is 0 Å². The molecule has 0 spiro atoms. The molecule has 0 aromatic heterocycles. The van der Waals surface area contributed by atoms with Gasteiger partial charge < -0.3 is 0 Å². The summed E-state index contributed by atoms with van der Waals surface area (Å²) in [6.45, 7) is 4.27. The summed E-state index contributed by atoms with van der Waals surface area (Å²) in [4.78, 5) is 0. The highest BCUT2D eigenvalue weighted by atomic mass is 32.1. The largest absolute Gasteiger partial charge is 0.151 e. The van der Waals surface area contributed by atoms with Gasteiger partial charge in [0.05, 0.1) is 0 Å². The summed E-state index contributed by atoms with van der Waals surface area (Å²) in [5.41, 5.74) is 1.39. The van der Waals surface area contributed by atoms with Crippen LogP contribution in [-0.2, 0) is 0 Å². The smallest absolute Gasteiger partial charge is 0.0282 e. The molecule has 0 unspecified atom stereocenters. The molecule has 0 atom stereocenters. The highest BCUT2D eigenvalue weighted by molar-refractivity contribution is 7.83. The molecule has 0 aliphatic rings. The maximum Gasteiger partial charge on any atom is -0.0282 e. The third kappa shape index (κ3) is 4.68. The Kier molecular flexibility index (Phi) is 6.83. The molecule has 0 nitrogen and oxygen atoms in total. The molecule has 0 N–H and O–H groups in total. The SMILES string of the molecule is C/C=C(\C=C/S)CCCC. The van der Waals surface area contributed by atoms with Crippen molar-refractivity contribution < 1.29 is 0 Å². The van der Waals surface area contributed by atoms with E-state index < -0.39 is 0 Å². The average Bonchev–Trinajstić information content (AvgIpc) is 1.98. The van der Waals surface area contributed by atoms with Gasteiger partial charge in [-0.1, -0.05) is 31.1 Å². The van der Waals surface area contributed by atoms with Crippen LogP contribution in [0.4, 0.5) is 0 Å². The van der Waals surface area contributed by atoms with E-state index in [0.717, 1.165) is 0 Å². The quantitative estimate of drug-likeness (QED) is 0.467. The highest BCUT2D eigenvalue weighted by Crippen LogP contribution is 2.08. The van der Waals surface area contributed by atoms with E-state index in [9.17, 15) is 0 Å². The number of hydrogen-bond acceptors (Lipinski definition) is 1. The van der Waals surface area contributed by atoms with E-state index in [4.69, 9.17) is 0 Å². The van der Waals surface area contributed by atoms with Gasteiger partial charge >= 0.3 is 0 Å². The van der Waals surface area contributed by atoms with Crippen LogP contribution >= 0.6 is 12.6 Å². The summed E-state index contributed by atoms with van der Waals surface area (Å²) in [6, 6.07) is 0. The molecule has 0 radical (unpaired) electrons. The molecule has 0 aromatic rings. The average molecular weight is 156 g/mol. The molecule has 0 aliphatic heterocycles. The number of rotatable bonds is 4. The Labute approximate surface area is 69.4 Å². The predicted octanol–water partition coefficient (Wildman–Crippen LogP) is 3.57. The van der Waals surface area contributed by atoms with Crippen molar-refractivity contribution in [3.05, 3.63) is 23.1 Å². The fourth-order valence-electron chi connectivity index (χ4n) is 0.801. The standard InChI is InChI=1S/C9H16S/c1-3-5-6-9(4-2)7-8-10/h4,7-8,10H,3,5-6H2,1-2H3/b8-7-,9-4-. The number of unbranched alkanes of at least 4 members (excludes halogenated alkanes) is 1. The van der Waals surface area contributed by atoms with Crippen molar-refractivity contribution in [3.63, 3.8) is 0 Å². The van der Waals surface area contributed by atoms with E-state index in [0.29, 0.717) is 0 Å². The van der Waals surface area contributed by atoms with Crippen LogP contribution < -0.4 is 0 Å². The monoisotopic (exact) mass is 156 g/mol. The third-order valence-corrected chi connectivity index (χ3v) is 1.63. The Bertz CT molecular complexity index is 123. The van der Waals surface area contributed by atoms with E-state index in [-0.39, 0.29) is 0 Å². The Balaban J connectivity index is 3.62. The first-order valence-electron chi connectivity index (χ1n) is 3.81. The fraction of sp³-hybridized carbons (Fsp3) is 0.556. The third-order valence-electron chi connectivity index (χ3n) is 1.48. The zero-order chi connectivity index (χ0) is 7.82. The van der Waals surface area contributed by atoms with Crippen molar-refractivity contribution in [2.24, 2.45) is 0 Å². The van der Waals surface area contributed by atoms with Gasteiger partial charge in [-0.25, -0.2) is 0 Å². The van der Waals surface area contributed by atoms with Crippen molar-refractivity contribution >= 4 is 12.6 Å². The first-order valence-corrected chi connectivity index (χ1v) is 4.32. The van der Waals surface area contributed by atoms with Crippen molar-refractivity contribution in [2.75, 3.05) is 0 Å². The van der Waals surface area contributed by atoms with Crippen molar-refractivity contribution in [1.29, 1.82) is 0 Å². The number of allylic oxidation sites excluding steroid dienone is 3. The van der Waals surface area contributed by atoms with Crippen LogP contribution in [0.1, 0.15) is 33.1 Å². The van der Waals surface area contributed by atoms with E-state index in [1.54, 1.807) is 5.41 Å². The Morgan fingerprint density at radius 1 is 1.50 bits per heavy atom. The number of hydrogen-bond donors (Lipinski definition) is 1. The van der Waals surface area contributed by atoms with E-state index in [1.807, 2.05) is 0 Å². The number of thiol groups is 1. The summed E-state index contributed by atoms with van der Waals surface area (Å²) < 4.78 is 0.